The first kappa shape index (κ1) is 15.3. The number of ether oxygens (including phenoxy) is 1. The molecule has 2 rings (SSSR count). The molecule has 1 aromatic carbocycles. The zero-order valence-corrected chi connectivity index (χ0v) is 13.2. The summed E-state index contributed by atoms with van der Waals surface area (Å²) in [5, 5.41) is 4.70. The van der Waals surface area contributed by atoms with Crippen molar-refractivity contribution in [2.75, 3.05) is 0 Å². The molecular weight excluding hydrogens is 354 g/mol. The molecule has 0 aliphatic rings. The summed E-state index contributed by atoms with van der Waals surface area (Å²) < 4.78 is 34.3. The van der Waals surface area contributed by atoms with Gasteiger partial charge in [0.25, 0.3) is 0 Å². The lowest BCUT2D eigenvalue weighted by Gasteiger charge is -2.10. The van der Waals surface area contributed by atoms with Gasteiger partial charge in [0.2, 0.25) is 5.82 Å². The summed E-state index contributed by atoms with van der Waals surface area (Å²) in [6, 6.07) is 2.40. The molecule has 3 nitrogen and oxygen atoms in total. The zero-order chi connectivity index (χ0) is 14.9. The van der Waals surface area contributed by atoms with Crippen LogP contribution in [-0.4, -0.2) is 9.78 Å². The minimum atomic E-state index is -1.02. The van der Waals surface area contributed by atoms with Crippen LogP contribution >= 0.6 is 27.5 Å². The second-order valence-electron chi connectivity index (χ2n) is 4.15. The molecule has 0 radical (unpaired) electrons. The average molecular weight is 366 g/mol. The van der Waals surface area contributed by atoms with E-state index in [1.54, 1.807) is 11.6 Å². The Morgan fingerprint density at radius 1 is 1.40 bits per heavy atom. The molecule has 0 spiro atoms. The standard InChI is InChI=1S/C13H12BrClF2N2O/c1-3-19-10(12(15)7(2)18-19)6-20-11-5-8(14)4-9(16)13(11)17/h4-5H,3,6H2,1-2H3. The van der Waals surface area contributed by atoms with E-state index in [-0.39, 0.29) is 12.4 Å². The molecule has 0 N–H and O–H groups in total. The lowest BCUT2D eigenvalue weighted by molar-refractivity contribution is 0.273. The molecule has 0 amide bonds. The molecule has 0 aliphatic heterocycles. The van der Waals surface area contributed by atoms with Crippen LogP contribution in [0.15, 0.2) is 16.6 Å². The van der Waals surface area contributed by atoms with E-state index in [4.69, 9.17) is 16.3 Å². The first-order chi connectivity index (χ1) is 9.43. The highest BCUT2D eigenvalue weighted by atomic mass is 79.9. The van der Waals surface area contributed by atoms with E-state index in [1.165, 1.54) is 6.07 Å². The van der Waals surface area contributed by atoms with Crippen LogP contribution in [0.3, 0.4) is 0 Å². The smallest absolute Gasteiger partial charge is 0.200 e. The first-order valence-electron chi connectivity index (χ1n) is 5.93. The predicted molar refractivity (Wildman–Crippen MR) is 76.0 cm³/mol. The number of rotatable bonds is 4. The summed E-state index contributed by atoms with van der Waals surface area (Å²) in [5.41, 5.74) is 1.31. The number of aromatic nitrogens is 2. The van der Waals surface area contributed by atoms with E-state index in [0.717, 1.165) is 6.07 Å². The number of halogens is 4. The zero-order valence-electron chi connectivity index (χ0n) is 10.9. The fourth-order valence-corrected chi connectivity index (χ4v) is 2.39. The van der Waals surface area contributed by atoms with Crippen molar-refractivity contribution in [2.45, 2.75) is 27.0 Å². The van der Waals surface area contributed by atoms with Gasteiger partial charge in [-0.15, -0.1) is 0 Å². The van der Waals surface area contributed by atoms with Crippen molar-refractivity contribution in [3.8, 4) is 5.75 Å². The highest BCUT2D eigenvalue weighted by Gasteiger charge is 2.16. The summed E-state index contributed by atoms with van der Waals surface area (Å²) in [5.74, 6) is -2.17. The summed E-state index contributed by atoms with van der Waals surface area (Å²) in [6.45, 7) is 4.31. The lowest BCUT2D eigenvalue weighted by atomic mass is 10.3. The van der Waals surface area contributed by atoms with Gasteiger partial charge in [0, 0.05) is 11.0 Å². The monoisotopic (exact) mass is 364 g/mol. The molecule has 0 saturated carbocycles. The summed E-state index contributed by atoms with van der Waals surface area (Å²) in [6.07, 6.45) is 0. The van der Waals surface area contributed by atoms with Crippen LogP contribution in [0.4, 0.5) is 8.78 Å². The summed E-state index contributed by atoms with van der Waals surface area (Å²) >= 11 is 9.21. The topological polar surface area (TPSA) is 27.1 Å². The van der Waals surface area contributed by atoms with E-state index >= 15 is 0 Å². The molecule has 108 valence electrons. The highest BCUT2D eigenvalue weighted by molar-refractivity contribution is 9.10. The van der Waals surface area contributed by atoms with Crippen LogP contribution in [0.2, 0.25) is 5.02 Å². The van der Waals surface area contributed by atoms with Gasteiger partial charge in [-0.05, 0) is 26.0 Å². The minimum Gasteiger partial charge on any atom is -0.484 e. The van der Waals surface area contributed by atoms with Gasteiger partial charge in [-0.2, -0.15) is 9.49 Å². The third-order valence-corrected chi connectivity index (χ3v) is 3.73. The number of hydrogen-bond acceptors (Lipinski definition) is 2. The second-order valence-corrected chi connectivity index (χ2v) is 5.44. The van der Waals surface area contributed by atoms with E-state index in [0.29, 0.717) is 27.4 Å². The summed E-state index contributed by atoms with van der Waals surface area (Å²) in [7, 11) is 0. The van der Waals surface area contributed by atoms with Gasteiger partial charge in [0.15, 0.2) is 11.6 Å². The Balaban J connectivity index is 2.25. The van der Waals surface area contributed by atoms with Crippen molar-refractivity contribution in [1.29, 1.82) is 0 Å². The fourth-order valence-electron chi connectivity index (χ4n) is 1.79. The van der Waals surface area contributed by atoms with Gasteiger partial charge in [-0.1, -0.05) is 27.5 Å². The van der Waals surface area contributed by atoms with Gasteiger partial charge in [0.1, 0.15) is 6.61 Å². The molecule has 0 aliphatic carbocycles. The molecule has 0 atom stereocenters. The minimum absolute atomic E-state index is 0.0142. The van der Waals surface area contributed by atoms with E-state index in [2.05, 4.69) is 21.0 Å². The number of nitrogens with zero attached hydrogens (tertiary/aromatic N) is 2. The van der Waals surface area contributed by atoms with E-state index in [9.17, 15) is 8.78 Å². The van der Waals surface area contributed by atoms with Crippen molar-refractivity contribution in [2.24, 2.45) is 0 Å². The molecule has 0 bridgehead atoms. The van der Waals surface area contributed by atoms with Gasteiger partial charge < -0.3 is 4.74 Å². The number of aryl methyl sites for hydroxylation is 2. The lowest BCUT2D eigenvalue weighted by Crippen LogP contribution is -2.07. The predicted octanol–water partition coefficient (Wildman–Crippen LogP) is 4.48. The van der Waals surface area contributed by atoms with Gasteiger partial charge in [-0.3, -0.25) is 4.68 Å². The van der Waals surface area contributed by atoms with E-state index in [1.807, 2.05) is 6.92 Å². The Morgan fingerprint density at radius 2 is 2.10 bits per heavy atom. The molecular formula is C13H12BrClF2N2O. The van der Waals surface area contributed by atoms with Crippen molar-refractivity contribution in [1.82, 2.24) is 9.78 Å². The van der Waals surface area contributed by atoms with Crippen LogP contribution in [-0.2, 0) is 13.2 Å². The second kappa shape index (κ2) is 6.10. The van der Waals surface area contributed by atoms with Gasteiger partial charge in [-0.25, -0.2) is 4.39 Å². The Bertz CT molecular complexity index is 646. The molecule has 0 unspecified atom stereocenters. The maximum Gasteiger partial charge on any atom is 0.200 e. The third-order valence-electron chi connectivity index (χ3n) is 2.78. The third kappa shape index (κ3) is 2.96. The van der Waals surface area contributed by atoms with Gasteiger partial charge >= 0.3 is 0 Å². The van der Waals surface area contributed by atoms with Crippen molar-refractivity contribution in [3.05, 3.63) is 44.7 Å². The quantitative estimate of drug-likeness (QED) is 0.747. The normalized spacial score (nSPS) is 10.9. The number of benzene rings is 1. The van der Waals surface area contributed by atoms with Crippen molar-refractivity contribution >= 4 is 27.5 Å². The van der Waals surface area contributed by atoms with Crippen LogP contribution in [0, 0.1) is 18.6 Å². The van der Waals surface area contributed by atoms with Crippen LogP contribution in [0.5, 0.6) is 5.75 Å². The Labute approximate surface area is 128 Å². The van der Waals surface area contributed by atoms with Gasteiger partial charge in [0.05, 0.1) is 16.4 Å². The molecule has 1 heterocycles. The molecule has 20 heavy (non-hydrogen) atoms. The molecule has 1 aromatic heterocycles. The maximum atomic E-state index is 13.6. The maximum absolute atomic E-state index is 13.6. The molecule has 2 aromatic rings. The van der Waals surface area contributed by atoms with Crippen molar-refractivity contribution in [3.63, 3.8) is 0 Å². The Hall–Kier alpha value is -1.14. The average Bonchev–Trinajstić information content (AvgIpc) is 2.68. The molecule has 0 saturated heterocycles. The SMILES string of the molecule is CCn1nc(C)c(Cl)c1COc1cc(Br)cc(F)c1F. The highest BCUT2D eigenvalue weighted by Crippen LogP contribution is 2.27. The first-order valence-corrected chi connectivity index (χ1v) is 7.10. The van der Waals surface area contributed by atoms with E-state index < -0.39 is 11.6 Å². The van der Waals surface area contributed by atoms with Crippen LogP contribution in [0.25, 0.3) is 0 Å². The van der Waals surface area contributed by atoms with Crippen LogP contribution in [0.1, 0.15) is 18.3 Å². The number of hydrogen-bond donors (Lipinski definition) is 0. The fraction of sp³-hybridized carbons (Fsp3) is 0.308. The Morgan fingerprint density at radius 3 is 2.75 bits per heavy atom. The summed E-state index contributed by atoms with van der Waals surface area (Å²) in [4.78, 5) is 0. The van der Waals surface area contributed by atoms with Crippen LogP contribution < -0.4 is 4.74 Å². The Kier molecular flexibility index (Phi) is 4.65. The molecule has 7 heteroatoms. The van der Waals surface area contributed by atoms with Crippen molar-refractivity contribution < 1.29 is 13.5 Å². The molecule has 0 fully saturated rings. The largest absolute Gasteiger partial charge is 0.484 e.